The van der Waals surface area contributed by atoms with Gasteiger partial charge in [-0.2, -0.15) is 5.10 Å². The van der Waals surface area contributed by atoms with Crippen LogP contribution in [0.25, 0.3) is 5.65 Å². The van der Waals surface area contributed by atoms with Crippen molar-refractivity contribution in [3.63, 3.8) is 0 Å². The maximum atomic E-state index is 14.0. The summed E-state index contributed by atoms with van der Waals surface area (Å²) in [5.41, 5.74) is 1.23. The van der Waals surface area contributed by atoms with Gasteiger partial charge in [0.15, 0.2) is 11.3 Å². The number of fused-ring (bicyclic) bond motifs is 1. The Hall–Kier alpha value is -3.72. The maximum absolute atomic E-state index is 14.0. The van der Waals surface area contributed by atoms with Gasteiger partial charge in [-0.1, -0.05) is 5.16 Å². The predicted octanol–water partition coefficient (Wildman–Crippen LogP) is 5.53. The van der Waals surface area contributed by atoms with E-state index in [1.54, 1.807) is 0 Å². The number of amides is 2. The molecule has 238 valence electrons. The summed E-state index contributed by atoms with van der Waals surface area (Å²) < 4.78 is 87.5. The molecule has 2 N–H and O–H groups in total. The Labute approximate surface area is 247 Å². The number of halogens is 6. The Bertz CT molecular complexity index is 1510. The fourth-order valence-corrected chi connectivity index (χ4v) is 6.17. The lowest BCUT2D eigenvalue weighted by Crippen LogP contribution is -2.39. The molecule has 3 fully saturated rings. The number of imidazole rings is 1. The van der Waals surface area contributed by atoms with Crippen LogP contribution in [0, 0.1) is 11.8 Å². The van der Waals surface area contributed by atoms with Crippen LogP contribution in [-0.4, -0.2) is 55.0 Å². The first-order valence-electron chi connectivity index (χ1n) is 14.7. The van der Waals surface area contributed by atoms with Gasteiger partial charge in [0.05, 0.1) is 30.2 Å². The van der Waals surface area contributed by atoms with Gasteiger partial charge < -0.3 is 10.6 Å². The van der Waals surface area contributed by atoms with Crippen LogP contribution < -0.4 is 10.6 Å². The molecule has 3 aliphatic carbocycles. The van der Waals surface area contributed by atoms with Crippen molar-refractivity contribution in [1.82, 2.24) is 35.5 Å². The van der Waals surface area contributed by atoms with Crippen LogP contribution in [0.2, 0.25) is 0 Å². The zero-order valence-corrected chi connectivity index (χ0v) is 23.5. The SMILES string of the molecule is O=C(CC1CC(F)(F)C1)N[C@H](CC(F)F)c1cnn2cc([C@@H](NC(=O)c3nonc3C3CC3)C3CCC(F)(F)CC3)nc2c1. The number of nitrogens with zero attached hydrogens (tertiary/aromatic N) is 5. The molecule has 3 aromatic rings. The second-order valence-electron chi connectivity index (χ2n) is 12.3. The Morgan fingerprint density at radius 1 is 1.02 bits per heavy atom. The topological polar surface area (TPSA) is 127 Å². The molecular formula is C28H31F6N7O3. The molecule has 3 heterocycles. The van der Waals surface area contributed by atoms with Crippen LogP contribution in [-0.2, 0) is 4.79 Å². The highest BCUT2D eigenvalue weighted by atomic mass is 19.3. The molecule has 0 bridgehead atoms. The molecule has 0 aromatic carbocycles. The highest BCUT2D eigenvalue weighted by molar-refractivity contribution is 5.93. The second-order valence-corrected chi connectivity index (χ2v) is 12.3. The summed E-state index contributed by atoms with van der Waals surface area (Å²) in [5, 5.41) is 17.3. The van der Waals surface area contributed by atoms with Gasteiger partial charge >= 0.3 is 0 Å². The number of rotatable bonds is 11. The third kappa shape index (κ3) is 6.83. The van der Waals surface area contributed by atoms with Gasteiger partial charge in [0, 0.05) is 44.4 Å². The summed E-state index contributed by atoms with van der Waals surface area (Å²) in [4.78, 5) is 30.4. The monoisotopic (exact) mass is 627 g/mol. The average molecular weight is 628 g/mol. The Balaban J connectivity index is 1.24. The lowest BCUT2D eigenvalue weighted by atomic mass is 9.79. The van der Waals surface area contributed by atoms with Gasteiger partial charge in [0.2, 0.25) is 24.2 Å². The van der Waals surface area contributed by atoms with Crippen molar-refractivity contribution in [2.24, 2.45) is 11.8 Å². The molecule has 44 heavy (non-hydrogen) atoms. The molecule has 3 aliphatic rings. The van der Waals surface area contributed by atoms with Crippen molar-refractivity contribution in [2.45, 2.75) is 100 Å². The highest BCUT2D eigenvalue weighted by Gasteiger charge is 2.46. The van der Waals surface area contributed by atoms with Crippen LogP contribution in [0.1, 0.15) is 110 Å². The quantitative estimate of drug-likeness (QED) is 0.268. The molecule has 0 unspecified atom stereocenters. The summed E-state index contributed by atoms with van der Waals surface area (Å²) in [6.07, 6.45) is -0.526. The highest BCUT2D eigenvalue weighted by Crippen LogP contribution is 2.45. The summed E-state index contributed by atoms with van der Waals surface area (Å²) in [6, 6.07) is -0.496. The van der Waals surface area contributed by atoms with Crippen LogP contribution in [0.4, 0.5) is 26.3 Å². The number of hydrogen-bond donors (Lipinski definition) is 2. The van der Waals surface area contributed by atoms with E-state index >= 15 is 0 Å². The number of nitrogens with one attached hydrogen (secondary N) is 2. The minimum absolute atomic E-state index is 0.0269. The molecule has 10 nitrogen and oxygen atoms in total. The van der Waals surface area contributed by atoms with E-state index in [4.69, 9.17) is 4.63 Å². The standard InChI is InChI=1S/C28H31F6N7O3/c29-20(30)9-18(37-22(42)7-14-10-28(33,34)11-14)17-8-21-36-19(13-41(21)35-12-17)23(16-3-5-27(31,32)6-4-16)38-26(43)25-24(15-1-2-15)39-44-40-25/h8,12-16,18,20,23H,1-7,9-11H2,(H,37,42)(H,38,43)/t18-,23+/m1/s1. The van der Waals surface area contributed by atoms with Gasteiger partial charge in [-0.05, 0) is 54.3 Å². The smallest absolute Gasteiger partial charge is 0.276 e. The van der Waals surface area contributed by atoms with E-state index < -0.39 is 73.3 Å². The molecule has 3 saturated carbocycles. The fraction of sp³-hybridized carbons (Fsp3) is 0.643. The van der Waals surface area contributed by atoms with Crippen molar-refractivity contribution in [3.8, 4) is 0 Å². The molecule has 0 radical (unpaired) electrons. The first kappa shape index (κ1) is 30.3. The van der Waals surface area contributed by atoms with E-state index in [1.807, 2.05) is 0 Å². The minimum Gasteiger partial charge on any atom is -0.349 e. The van der Waals surface area contributed by atoms with Gasteiger partial charge in [-0.3, -0.25) is 9.59 Å². The number of carbonyl (C=O) groups is 2. The van der Waals surface area contributed by atoms with Crippen molar-refractivity contribution in [2.75, 3.05) is 0 Å². The van der Waals surface area contributed by atoms with Gasteiger partial charge in [0.25, 0.3) is 5.91 Å². The van der Waals surface area contributed by atoms with Crippen molar-refractivity contribution < 1.29 is 40.6 Å². The normalized spacial score (nSPS) is 21.6. The molecule has 0 aliphatic heterocycles. The van der Waals surface area contributed by atoms with Crippen molar-refractivity contribution in [3.05, 3.63) is 41.1 Å². The molecule has 16 heteroatoms. The van der Waals surface area contributed by atoms with E-state index in [1.165, 1.54) is 23.0 Å². The molecular weight excluding hydrogens is 596 g/mol. The van der Waals surface area contributed by atoms with Crippen molar-refractivity contribution in [1.29, 1.82) is 0 Å². The molecule has 2 amide bonds. The first-order chi connectivity index (χ1) is 20.9. The second kappa shape index (κ2) is 11.7. The van der Waals surface area contributed by atoms with Crippen LogP contribution in [0.3, 0.4) is 0 Å². The molecule has 6 rings (SSSR count). The van der Waals surface area contributed by atoms with E-state index in [-0.39, 0.29) is 54.9 Å². The largest absolute Gasteiger partial charge is 0.349 e. The lowest BCUT2D eigenvalue weighted by molar-refractivity contribution is -0.134. The number of hydrogen-bond acceptors (Lipinski definition) is 7. The molecule has 3 aromatic heterocycles. The number of aromatic nitrogens is 5. The van der Waals surface area contributed by atoms with Gasteiger partial charge in [-0.15, -0.1) is 0 Å². The predicted molar refractivity (Wildman–Crippen MR) is 140 cm³/mol. The van der Waals surface area contributed by atoms with Crippen LogP contribution in [0.15, 0.2) is 23.1 Å². The third-order valence-electron chi connectivity index (χ3n) is 8.69. The van der Waals surface area contributed by atoms with E-state index in [2.05, 4.69) is 31.0 Å². The van der Waals surface area contributed by atoms with Crippen LogP contribution in [0.5, 0.6) is 0 Å². The first-order valence-corrected chi connectivity index (χ1v) is 14.7. The zero-order chi connectivity index (χ0) is 31.2. The van der Waals surface area contributed by atoms with Gasteiger partial charge in [-0.25, -0.2) is 40.5 Å². The summed E-state index contributed by atoms with van der Waals surface area (Å²) >= 11 is 0. The zero-order valence-electron chi connectivity index (χ0n) is 23.5. The lowest BCUT2D eigenvalue weighted by Gasteiger charge is -2.34. The minimum atomic E-state index is -2.81. The van der Waals surface area contributed by atoms with Crippen molar-refractivity contribution >= 4 is 17.5 Å². The molecule has 0 saturated heterocycles. The Kier molecular flexibility index (Phi) is 8.03. The molecule has 2 atom stereocenters. The Morgan fingerprint density at radius 3 is 2.41 bits per heavy atom. The van der Waals surface area contributed by atoms with E-state index in [0.29, 0.717) is 11.4 Å². The summed E-state index contributed by atoms with van der Waals surface area (Å²) in [5.74, 6) is -7.65. The number of carbonyl (C=O) groups excluding carboxylic acids is 2. The van der Waals surface area contributed by atoms with Gasteiger partial charge in [0.1, 0.15) is 5.69 Å². The van der Waals surface area contributed by atoms with Crippen LogP contribution >= 0.6 is 0 Å². The number of alkyl halides is 6. The molecule has 0 spiro atoms. The van der Waals surface area contributed by atoms with E-state index in [0.717, 1.165) is 12.8 Å². The maximum Gasteiger partial charge on any atom is 0.276 e. The van der Waals surface area contributed by atoms with E-state index in [9.17, 15) is 35.9 Å². The summed E-state index contributed by atoms with van der Waals surface area (Å²) in [6.45, 7) is 0. The third-order valence-corrected chi connectivity index (χ3v) is 8.69. The summed E-state index contributed by atoms with van der Waals surface area (Å²) in [7, 11) is 0. The fourth-order valence-electron chi connectivity index (χ4n) is 6.17. The average Bonchev–Trinajstić information content (AvgIpc) is 3.49. The Morgan fingerprint density at radius 2 is 1.75 bits per heavy atom.